The van der Waals surface area contributed by atoms with Crippen LogP contribution in [0, 0.1) is 0 Å². The standard InChI is InChI=1S/C13H24N4OS/c1-9(2)17-13(10(18-3)8-15-17)12(16-14)11-6-4-5-7-19-11/h8-9,11-12,16H,4-7,14H2,1-3H3. The molecule has 108 valence electrons. The summed E-state index contributed by atoms with van der Waals surface area (Å²) in [5.74, 6) is 7.86. The van der Waals surface area contributed by atoms with Crippen LogP contribution in [0.1, 0.15) is 50.9 Å². The first-order chi connectivity index (χ1) is 9.19. The number of methoxy groups -OCH3 is 1. The molecule has 1 aliphatic rings. The highest BCUT2D eigenvalue weighted by molar-refractivity contribution is 8.00. The van der Waals surface area contributed by atoms with Gasteiger partial charge in [0.15, 0.2) is 5.75 Å². The molecule has 1 aromatic heterocycles. The molecule has 0 aliphatic carbocycles. The van der Waals surface area contributed by atoms with Crippen molar-refractivity contribution in [3.8, 4) is 5.75 Å². The molecule has 1 aliphatic heterocycles. The van der Waals surface area contributed by atoms with Crippen molar-refractivity contribution >= 4 is 11.8 Å². The Bertz CT molecular complexity index is 401. The third-order valence-corrected chi connectivity index (χ3v) is 5.03. The van der Waals surface area contributed by atoms with Crippen LogP contribution in [0.4, 0.5) is 0 Å². The molecule has 0 spiro atoms. The van der Waals surface area contributed by atoms with Crippen molar-refractivity contribution in [3.63, 3.8) is 0 Å². The summed E-state index contributed by atoms with van der Waals surface area (Å²) >= 11 is 1.99. The van der Waals surface area contributed by atoms with E-state index in [1.807, 2.05) is 16.4 Å². The summed E-state index contributed by atoms with van der Waals surface area (Å²) in [6.07, 6.45) is 5.55. The molecule has 2 atom stereocenters. The normalized spacial score (nSPS) is 21.6. The van der Waals surface area contributed by atoms with Gasteiger partial charge in [0.25, 0.3) is 0 Å². The van der Waals surface area contributed by atoms with Crippen molar-refractivity contribution in [1.29, 1.82) is 0 Å². The first-order valence-corrected chi connectivity index (χ1v) is 7.93. The van der Waals surface area contributed by atoms with Crippen LogP contribution in [-0.2, 0) is 0 Å². The van der Waals surface area contributed by atoms with Gasteiger partial charge in [-0.25, -0.2) is 0 Å². The van der Waals surface area contributed by atoms with E-state index in [9.17, 15) is 0 Å². The van der Waals surface area contributed by atoms with Crippen molar-refractivity contribution in [2.75, 3.05) is 12.9 Å². The largest absolute Gasteiger partial charge is 0.493 e. The summed E-state index contributed by atoms with van der Waals surface area (Å²) in [5, 5.41) is 4.92. The number of hydrogen-bond acceptors (Lipinski definition) is 5. The number of nitrogens with two attached hydrogens (primary N) is 1. The van der Waals surface area contributed by atoms with Gasteiger partial charge < -0.3 is 4.74 Å². The van der Waals surface area contributed by atoms with Gasteiger partial charge in [-0.1, -0.05) is 6.42 Å². The van der Waals surface area contributed by atoms with Gasteiger partial charge in [0.1, 0.15) is 5.69 Å². The Labute approximate surface area is 119 Å². The number of rotatable bonds is 5. The monoisotopic (exact) mass is 284 g/mol. The topological polar surface area (TPSA) is 65.1 Å². The number of nitrogens with zero attached hydrogens (tertiary/aromatic N) is 2. The lowest BCUT2D eigenvalue weighted by Crippen LogP contribution is -2.38. The third kappa shape index (κ3) is 3.07. The van der Waals surface area contributed by atoms with E-state index in [2.05, 4.69) is 24.4 Å². The Hall–Kier alpha value is -0.720. The van der Waals surface area contributed by atoms with Crippen LogP contribution < -0.4 is 16.0 Å². The minimum atomic E-state index is 0.0881. The fourth-order valence-corrected chi connectivity index (χ4v) is 4.02. The molecule has 19 heavy (non-hydrogen) atoms. The fraction of sp³-hybridized carbons (Fsp3) is 0.769. The fourth-order valence-electron chi connectivity index (χ4n) is 2.61. The third-order valence-electron chi connectivity index (χ3n) is 3.57. The summed E-state index contributed by atoms with van der Waals surface area (Å²) in [7, 11) is 1.69. The molecule has 2 heterocycles. The zero-order valence-corrected chi connectivity index (χ0v) is 12.7. The van der Waals surface area contributed by atoms with Crippen molar-refractivity contribution in [1.82, 2.24) is 15.2 Å². The molecule has 5 nitrogen and oxygen atoms in total. The molecular weight excluding hydrogens is 260 g/mol. The van der Waals surface area contributed by atoms with Crippen molar-refractivity contribution in [2.45, 2.75) is 50.4 Å². The summed E-state index contributed by atoms with van der Waals surface area (Å²) in [6.45, 7) is 4.25. The highest BCUT2D eigenvalue weighted by Gasteiger charge is 2.31. The van der Waals surface area contributed by atoms with Crippen molar-refractivity contribution < 1.29 is 4.74 Å². The van der Waals surface area contributed by atoms with Gasteiger partial charge in [0.05, 0.1) is 19.3 Å². The van der Waals surface area contributed by atoms with E-state index >= 15 is 0 Å². The van der Waals surface area contributed by atoms with Gasteiger partial charge in [-0.05, 0) is 32.4 Å². The first-order valence-electron chi connectivity index (χ1n) is 6.88. The molecule has 6 heteroatoms. The Balaban J connectivity index is 2.32. The van der Waals surface area contributed by atoms with Gasteiger partial charge in [0.2, 0.25) is 0 Å². The highest BCUT2D eigenvalue weighted by atomic mass is 32.2. The Morgan fingerprint density at radius 3 is 2.84 bits per heavy atom. The quantitative estimate of drug-likeness (QED) is 0.641. The average Bonchev–Trinajstić information content (AvgIpc) is 2.85. The summed E-state index contributed by atoms with van der Waals surface area (Å²) < 4.78 is 7.47. The minimum absolute atomic E-state index is 0.0881. The second-order valence-corrected chi connectivity index (χ2v) is 6.53. The predicted molar refractivity (Wildman–Crippen MR) is 79.3 cm³/mol. The van der Waals surface area contributed by atoms with Crippen LogP contribution in [0.3, 0.4) is 0 Å². The van der Waals surface area contributed by atoms with E-state index in [4.69, 9.17) is 10.6 Å². The number of nitrogens with one attached hydrogen (secondary N) is 1. The van der Waals surface area contributed by atoms with E-state index in [0.717, 1.165) is 11.4 Å². The van der Waals surface area contributed by atoms with E-state index in [0.29, 0.717) is 11.3 Å². The zero-order valence-electron chi connectivity index (χ0n) is 11.9. The SMILES string of the molecule is COc1cnn(C(C)C)c1C(NN)C1CCCCS1. The first kappa shape index (κ1) is 14.7. The lowest BCUT2D eigenvalue weighted by atomic mass is 10.0. The van der Waals surface area contributed by atoms with Crippen LogP contribution >= 0.6 is 11.8 Å². The molecule has 3 N–H and O–H groups in total. The van der Waals surface area contributed by atoms with Crippen LogP contribution in [0.2, 0.25) is 0 Å². The van der Waals surface area contributed by atoms with E-state index < -0.39 is 0 Å². The molecule has 0 bridgehead atoms. The minimum Gasteiger partial charge on any atom is -0.493 e. The Kier molecular flexibility index (Phi) is 5.13. The molecule has 0 saturated carbocycles. The van der Waals surface area contributed by atoms with Crippen LogP contribution in [0.15, 0.2) is 6.20 Å². The van der Waals surface area contributed by atoms with Crippen molar-refractivity contribution in [2.24, 2.45) is 5.84 Å². The highest BCUT2D eigenvalue weighted by Crippen LogP contribution is 2.38. The summed E-state index contributed by atoms with van der Waals surface area (Å²) in [4.78, 5) is 0. The van der Waals surface area contributed by atoms with E-state index in [1.54, 1.807) is 13.3 Å². The average molecular weight is 284 g/mol. The second-order valence-electron chi connectivity index (χ2n) is 5.19. The number of ether oxygens (including phenoxy) is 1. The van der Waals surface area contributed by atoms with Crippen molar-refractivity contribution in [3.05, 3.63) is 11.9 Å². The molecule has 0 amide bonds. The van der Waals surface area contributed by atoms with Gasteiger partial charge in [0, 0.05) is 11.3 Å². The number of thioether (sulfide) groups is 1. The molecule has 1 aromatic rings. The number of hydrazine groups is 1. The summed E-state index contributed by atoms with van der Waals surface area (Å²) in [6, 6.07) is 0.383. The maximum atomic E-state index is 5.83. The Morgan fingerprint density at radius 2 is 2.32 bits per heavy atom. The molecule has 2 unspecified atom stereocenters. The van der Waals surface area contributed by atoms with E-state index in [1.165, 1.54) is 25.0 Å². The predicted octanol–water partition coefficient (Wildman–Crippen LogP) is 2.26. The molecular formula is C13H24N4OS. The van der Waals surface area contributed by atoms with Crippen LogP contribution in [0.25, 0.3) is 0 Å². The molecule has 2 rings (SSSR count). The number of aromatic nitrogens is 2. The number of hydrogen-bond donors (Lipinski definition) is 2. The maximum Gasteiger partial charge on any atom is 0.161 e. The lowest BCUT2D eigenvalue weighted by Gasteiger charge is -2.30. The van der Waals surface area contributed by atoms with Gasteiger partial charge in [-0.15, -0.1) is 0 Å². The van der Waals surface area contributed by atoms with Gasteiger partial charge in [-0.2, -0.15) is 16.9 Å². The molecule has 0 aromatic carbocycles. The Morgan fingerprint density at radius 1 is 1.53 bits per heavy atom. The second kappa shape index (κ2) is 6.63. The van der Waals surface area contributed by atoms with E-state index in [-0.39, 0.29) is 6.04 Å². The zero-order chi connectivity index (χ0) is 13.8. The van der Waals surface area contributed by atoms with Gasteiger partial charge >= 0.3 is 0 Å². The molecule has 0 radical (unpaired) electrons. The smallest absolute Gasteiger partial charge is 0.161 e. The molecule has 1 fully saturated rings. The van der Waals surface area contributed by atoms with Gasteiger partial charge in [-0.3, -0.25) is 16.0 Å². The summed E-state index contributed by atoms with van der Waals surface area (Å²) in [5.41, 5.74) is 4.05. The van der Waals surface area contributed by atoms with Crippen LogP contribution in [-0.4, -0.2) is 27.9 Å². The molecule has 1 saturated heterocycles. The maximum absolute atomic E-state index is 5.83. The van der Waals surface area contributed by atoms with Crippen LogP contribution in [0.5, 0.6) is 5.75 Å². The lowest BCUT2D eigenvalue weighted by molar-refractivity contribution is 0.376.